The second kappa shape index (κ2) is 11.8. The van der Waals surface area contributed by atoms with Gasteiger partial charge in [-0.05, 0) is 30.3 Å². The van der Waals surface area contributed by atoms with Gasteiger partial charge in [-0.2, -0.15) is 0 Å². The Kier molecular flexibility index (Phi) is 8.80. The second-order valence-corrected chi connectivity index (χ2v) is 6.02. The average molecular weight is 406 g/mol. The third-order valence-electron chi connectivity index (χ3n) is 3.85. The molecule has 2 aromatic rings. The van der Waals surface area contributed by atoms with Crippen molar-refractivity contribution in [3.8, 4) is 0 Å². The Morgan fingerprint density at radius 3 is 1.87 bits per heavy atom. The first-order chi connectivity index (χ1) is 14.5. The van der Waals surface area contributed by atoms with Crippen molar-refractivity contribution in [2.45, 2.75) is 6.10 Å². The highest BCUT2D eigenvalue weighted by molar-refractivity contribution is 5.92. The van der Waals surface area contributed by atoms with Crippen molar-refractivity contribution < 1.29 is 28.6 Å². The van der Waals surface area contributed by atoms with Crippen LogP contribution in [0.5, 0.6) is 0 Å². The van der Waals surface area contributed by atoms with Crippen LogP contribution < -0.4 is 0 Å². The van der Waals surface area contributed by atoms with Crippen molar-refractivity contribution >= 4 is 17.9 Å². The predicted molar refractivity (Wildman–Crippen MR) is 112 cm³/mol. The lowest BCUT2D eigenvalue weighted by atomic mass is 10.2. The summed E-state index contributed by atoms with van der Waals surface area (Å²) in [5.41, 5.74) is 0.867. The Hall–Kier alpha value is -3.93. The zero-order chi connectivity index (χ0) is 21.8. The summed E-state index contributed by atoms with van der Waals surface area (Å²) < 4.78 is 15.8. The van der Waals surface area contributed by atoms with Crippen LogP contribution in [0.15, 0.2) is 97.6 Å². The van der Waals surface area contributed by atoms with Crippen LogP contribution in [0.2, 0.25) is 0 Å². The van der Waals surface area contributed by atoms with Gasteiger partial charge in [-0.15, -0.1) is 0 Å². The molecule has 0 fully saturated rings. The number of ether oxygens (including phenoxy) is 3. The van der Waals surface area contributed by atoms with E-state index in [0.29, 0.717) is 11.1 Å². The molecule has 0 aliphatic carbocycles. The molecular formula is C24H22O6. The zero-order valence-electron chi connectivity index (χ0n) is 16.4. The van der Waals surface area contributed by atoms with E-state index in [1.54, 1.807) is 60.7 Å². The first-order valence-corrected chi connectivity index (χ1v) is 9.15. The summed E-state index contributed by atoms with van der Waals surface area (Å²) in [4.78, 5) is 36.7. The summed E-state index contributed by atoms with van der Waals surface area (Å²) in [6, 6.07) is 16.7. The van der Waals surface area contributed by atoms with Gasteiger partial charge in [0.25, 0.3) is 0 Å². The van der Waals surface area contributed by atoms with Gasteiger partial charge in [-0.3, -0.25) is 0 Å². The van der Waals surface area contributed by atoms with Gasteiger partial charge in [-0.25, -0.2) is 14.4 Å². The molecule has 0 spiro atoms. The Labute approximate surface area is 175 Å². The van der Waals surface area contributed by atoms with E-state index in [4.69, 9.17) is 14.2 Å². The molecule has 2 aromatic carbocycles. The number of carbonyl (C=O) groups excluding carboxylic acids is 3. The molecule has 0 aliphatic heterocycles. The Morgan fingerprint density at radius 1 is 0.800 bits per heavy atom. The smallest absolute Gasteiger partial charge is 0.338 e. The molecule has 0 amide bonds. The van der Waals surface area contributed by atoms with E-state index >= 15 is 0 Å². The van der Waals surface area contributed by atoms with Crippen molar-refractivity contribution in [2.75, 3.05) is 13.2 Å². The molecule has 30 heavy (non-hydrogen) atoms. The number of hydrogen-bond acceptors (Lipinski definition) is 6. The second-order valence-electron chi connectivity index (χ2n) is 6.02. The molecule has 6 heteroatoms. The van der Waals surface area contributed by atoms with E-state index in [9.17, 15) is 14.4 Å². The predicted octanol–water partition coefficient (Wildman–Crippen LogP) is 3.91. The molecule has 0 N–H and O–H groups in total. The molecule has 2 rings (SSSR count). The minimum absolute atomic E-state index is 0.194. The number of rotatable bonds is 10. The molecule has 1 unspecified atom stereocenters. The molecule has 0 aliphatic rings. The van der Waals surface area contributed by atoms with Crippen LogP contribution in [-0.2, 0) is 19.0 Å². The highest BCUT2D eigenvalue weighted by Crippen LogP contribution is 2.09. The zero-order valence-corrected chi connectivity index (χ0v) is 16.4. The summed E-state index contributed by atoms with van der Waals surface area (Å²) in [5.74, 6) is -1.88. The summed E-state index contributed by atoms with van der Waals surface area (Å²) in [5, 5.41) is 0. The van der Waals surface area contributed by atoms with Gasteiger partial charge in [0.2, 0.25) is 0 Å². The van der Waals surface area contributed by atoms with E-state index in [1.165, 1.54) is 18.2 Å². The van der Waals surface area contributed by atoms with Gasteiger partial charge < -0.3 is 14.2 Å². The summed E-state index contributed by atoms with van der Waals surface area (Å²) >= 11 is 0. The maximum Gasteiger partial charge on any atom is 0.338 e. The van der Waals surface area contributed by atoms with Crippen molar-refractivity contribution in [2.24, 2.45) is 0 Å². The van der Waals surface area contributed by atoms with E-state index in [1.807, 2.05) is 0 Å². The van der Waals surface area contributed by atoms with E-state index in [2.05, 4.69) is 13.2 Å². The SMILES string of the molecule is C=C/C=C(\C=C)C(=O)OCC(COC(=O)c1ccccc1)OC(=O)c1ccccc1. The van der Waals surface area contributed by atoms with E-state index in [0.717, 1.165) is 0 Å². The third kappa shape index (κ3) is 6.91. The van der Waals surface area contributed by atoms with Crippen LogP contribution in [-0.4, -0.2) is 37.2 Å². The fourth-order valence-electron chi connectivity index (χ4n) is 2.33. The van der Waals surface area contributed by atoms with Gasteiger partial charge in [0.05, 0.1) is 16.7 Å². The maximum atomic E-state index is 12.4. The largest absolute Gasteiger partial charge is 0.458 e. The lowest BCUT2D eigenvalue weighted by molar-refractivity contribution is -0.142. The van der Waals surface area contributed by atoms with Crippen LogP contribution >= 0.6 is 0 Å². The van der Waals surface area contributed by atoms with Crippen LogP contribution in [0.1, 0.15) is 20.7 Å². The summed E-state index contributed by atoms with van der Waals surface area (Å²) in [6.07, 6.45) is 3.19. The standard InChI is InChI=1S/C24H22O6/c1-3-11-18(4-2)22(25)28-16-21(30-24(27)20-14-9-6-10-15-20)17-29-23(26)19-12-7-5-8-13-19/h3-15,21H,1-2,16-17H2/b18-11+. The average Bonchev–Trinajstić information content (AvgIpc) is 2.79. The number of hydrogen-bond donors (Lipinski definition) is 0. The quantitative estimate of drug-likeness (QED) is 0.258. The molecule has 0 radical (unpaired) electrons. The highest BCUT2D eigenvalue weighted by Gasteiger charge is 2.21. The molecule has 0 aromatic heterocycles. The van der Waals surface area contributed by atoms with Crippen LogP contribution in [0.25, 0.3) is 0 Å². The number of esters is 3. The molecular weight excluding hydrogens is 384 g/mol. The van der Waals surface area contributed by atoms with Crippen molar-refractivity contribution in [1.82, 2.24) is 0 Å². The van der Waals surface area contributed by atoms with Gasteiger partial charge >= 0.3 is 17.9 Å². The summed E-state index contributed by atoms with van der Waals surface area (Å²) in [7, 11) is 0. The Morgan fingerprint density at radius 2 is 1.33 bits per heavy atom. The Balaban J connectivity index is 2.05. The molecule has 154 valence electrons. The van der Waals surface area contributed by atoms with Crippen molar-refractivity contribution in [3.05, 3.63) is 109 Å². The molecule has 1 atom stereocenters. The number of allylic oxidation sites excluding steroid dienone is 2. The summed E-state index contributed by atoms with van der Waals surface area (Å²) in [6.45, 7) is 6.47. The van der Waals surface area contributed by atoms with Crippen molar-refractivity contribution in [3.63, 3.8) is 0 Å². The lowest BCUT2D eigenvalue weighted by Gasteiger charge is -2.18. The number of benzene rings is 2. The molecule has 6 nitrogen and oxygen atoms in total. The fourth-order valence-corrected chi connectivity index (χ4v) is 2.33. The minimum Gasteiger partial charge on any atom is -0.458 e. The van der Waals surface area contributed by atoms with Gasteiger partial charge in [0.15, 0.2) is 6.10 Å². The number of carbonyl (C=O) groups is 3. The normalized spacial score (nSPS) is 11.7. The fraction of sp³-hybridized carbons (Fsp3) is 0.125. The monoisotopic (exact) mass is 406 g/mol. The van der Waals surface area contributed by atoms with E-state index < -0.39 is 24.0 Å². The van der Waals surface area contributed by atoms with Gasteiger partial charge in [0.1, 0.15) is 13.2 Å². The van der Waals surface area contributed by atoms with Crippen molar-refractivity contribution in [1.29, 1.82) is 0 Å². The molecule has 0 heterocycles. The minimum atomic E-state index is -0.996. The Bertz CT molecular complexity index is 915. The topological polar surface area (TPSA) is 78.9 Å². The van der Waals surface area contributed by atoms with Crippen LogP contribution in [0.3, 0.4) is 0 Å². The van der Waals surface area contributed by atoms with E-state index in [-0.39, 0.29) is 18.8 Å². The first-order valence-electron chi connectivity index (χ1n) is 9.15. The first kappa shape index (κ1) is 22.4. The van der Waals surface area contributed by atoms with Gasteiger partial charge in [0, 0.05) is 0 Å². The molecule has 0 bridgehead atoms. The molecule has 0 saturated heterocycles. The van der Waals surface area contributed by atoms with Crippen LogP contribution in [0.4, 0.5) is 0 Å². The lowest BCUT2D eigenvalue weighted by Crippen LogP contribution is -2.31. The molecule has 0 saturated carbocycles. The van der Waals surface area contributed by atoms with Gasteiger partial charge in [-0.1, -0.05) is 61.7 Å². The highest BCUT2D eigenvalue weighted by atomic mass is 16.6. The maximum absolute atomic E-state index is 12.4. The third-order valence-corrected chi connectivity index (χ3v) is 3.85. The van der Waals surface area contributed by atoms with Crippen LogP contribution in [0, 0.1) is 0 Å².